The van der Waals surface area contributed by atoms with E-state index in [0.29, 0.717) is 11.7 Å². The van der Waals surface area contributed by atoms with Gasteiger partial charge in [-0.3, -0.25) is 10.3 Å². The molecule has 0 spiro atoms. The molecule has 0 unspecified atom stereocenters. The van der Waals surface area contributed by atoms with Gasteiger partial charge in [-0.2, -0.15) is 0 Å². The van der Waals surface area contributed by atoms with E-state index in [1.165, 1.54) is 17.3 Å². The number of thioether (sulfide) groups is 1. The van der Waals surface area contributed by atoms with Gasteiger partial charge < -0.3 is 4.74 Å². The number of carbonyl (C=O) groups is 1. The van der Waals surface area contributed by atoms with Crippen LogP contribution < -0.4 is 5.32 Å². The molecule has 1 rings (SSSR count). The van der Waals surface area contributed by atoms with E-state index in [9.17, 15) is 4.79 Å². The lowest BCUT2D eigenvalue weighted by molar-refractivity contribution is 0.0564. The monoisotopic (exact) mass is 308 g/mol. The highest BCUT2D eigenvalue weighted by Gasteiger charge is 2.16. The number of alkyl carbamates (subject to hydrolysis) is 1. The second-order valence-electron chi connectivity index (χ2n) is 5.61. The van der Waals surface area contributed by atoms with Crippen molar-refractivity contribution >= 4 is 23.0 Å². The average Bonchev–Trinajstić information content (AvgIpc) is 2.41. The Morgan fingerprint density at radius 1 is 1.29 bits per heavy atom. The maximum Gasteiger partial charge on any atom is 0.413 e. The summed E-state index contributed by atoms with van der Waals surface area (Å²) in [6.45, 7) is 6.19. The Morgan fingerprint density at radius 3 is 2.52 bits per heavy atom. The highest BCUT2D eigenvalue weighted by Crippen LogP contribution is 2.08. The minimum Gasteiger partial charge on any atom is -0.444 e. The Morgan fingerprint density at radius 2 is 1.95 bits per heavy atom. The number of hydrogen-bond acceptors (Lipinski definition) is 4. The van der Waals surface area contributed by atoms with Gasteiger partial charge in [-0.25, -0.2) is 4.79 Å². The topological polar surface area (TPSA) is 50.7 Å². The number of nitrogens with zero attached hydrogens (tertiary/aromatic N) is 1. The summed E-state index contributed by atoms with van der Waals surface area (Å²) in [5.74, 6) is 0. The summed E-state index contributed by atoms with van der Waals surface area (Å²) in [5.41, 5.74) is 0.805. The zero-order chi connectivity index (χ0) is 15.7. The molecular weight excluding hydrogens is 284 g/mol. The van der Waals surface area contributed by atoms with Crippen LogP contribution in [-0.2, 0) is 11.2 Å². The first-order chi connectivity index (χ1) is 9.90. The smallest absolute Gasteiger partial charge is 0.413 e. The van der Waals surface area contributed by atoms with Crippen molar-refractivity contribution in [1.29, 1.82) is 0 Å². The van der Waals surface area contributed by atoms with E-state index in [-0.39, 0.29) is 0 Å². The fourth-order valence-electron chi connectivity index (χ4n) is 1.65. The van der Waals surface area contributed by atoms with Crippen LogP contribution in [0.3, 0.4) is 0 Å². The van der Waals surface area contributed by atoms with Gasteiger partial charge >= 0.3 is 6.09 Å². The van der Waals surface area contributed by atoms with Gasteiger partial charge in [0.2, 0.25) is 0 Å². The predicted molar refractivity (Wildman–Crippen MR) is 89.9 cm³/mol. The van der Waals surface area contributed by atoms with Crippen LogP contribution in [0.1, 0.15) is 32.8 Å². The quantitative estimate of drug-likeness (QED) is 0.522. The number of carbonyl (C=O) groups excluding carboxylic acids is 1. The van der Waals surface area contributed by atoms with Crippen LogP contribution in [0.15, 0.2) is 35.3 Å². The zero-order valence-electron chi connectivity index (χ0n) is 13.2. The first kappa shape index (κ1) is 17.6. The Kier molecular flexibility index (Phi) is 7.29. The molecule has 0 heterocycles. The normalized spacial score (nSPS) is 12.1. The summed E-state index contributed by atoms with van der Waals surface area (Å²) in [7, 11) is 0. The number of benzene rings is 1. The molecule has 0 radical (unpaired) electrons. The van der Waals surface area contributed by atoms with Gasteiger partial charge in [0.1, 0.15) is 5.60 Å². The number of aryl methyl sites for hydroxylation is 1. The van der Waals surface area contributed by atoms with Crippen molar-refractivity contribution in [3.63, 3.8) is 0 Å². The SMILES string of the molecule is CSC(=NCCCc1ccccc1)NC(=O)OC(C)(C)C. The largest absolute Gasteiger partial charge is 0.444 e. The molecule has 0 saturated carbocycles. The molecule has 1 aromatic carbocycles. The molecule has 116 valence electrons. The van der Waals surface area contributed by atoms with Crippen LogP contribution in [0.25, 0.3) is 0 Å². The molecule has 0 atom stereocenters. The van der Waals surface area contributed by atoms with E-state index in [2.05, 4.69) is 22.4 Å². The molecule has 0 aromatic heterocycles. The Balaban J connectivity index is 2.36. The zero-order valence-corrected chi connectivity index (χ0v) is 14.0. The van der Waals surface area contributed by atoms with E-state index in [1.807, 2.05) is 45.2 Å². The van der Waals surface area contributed by atoms with Crippen LogP contribution in [-0.4, -0.2) is 29.7 Å². The van der Waals surface area contributed by atoms with Gasteiger partial charge in [-0.15, -0.1) is 0 Å². The fraction of sp³-hybridized carbons (Fsp3) is 0.500. The van der Waals surface area contributed by atoms with Crippen LogP contribution in [0.5, 0.6) is 0 Å². The number of hydrogen-bond donors (Lipinski definition) is 1. The second kappa shape index (κ2) is 8.72. The van der Waals surface area contributed by atoms with E-state index < -0.39 is 11.7 Å². The van der Waals surface area contributed by atoms with E-state index >= 15 is 0 Å². The lowest BCUT2D eigenvalue weighted by Gasteiger charge is -2.19. The molecule has 0 saturated heterocycles. The van der Waals surface area contributed by atoms with Gasteiger partial charge in [0.15, 0.2) is 5.17 Å². The van der Waals surface area contributed by atoms with Crippen LogP contribution in [0.4, 0.5) is 4.79 Å². The van der Waals surface area contributed by atoms with Gasteiger partial charge in [-0.1, -0.05) is 42.1 Å². The maximum atomic E-state index is 11.7. The van der Waals surface area contributed by atoms with Crippen LogP contribution >= 0.6 is 11.8 Å². The summed E-state index contributed by atoms with van der Waals surface area (Å²) in [4.78, 5) is 16.0. The standard InChI is InChI=1S/C16H24N2O2S/c1-16(2,3)20-15(19)18-14(21-4)17-12-8-11-13-9-6-5-7-10-13/h5-7,9-10H,8,11-12H2,1-4H3,(H,17,18,19). The molecule has 0 fully saturated rings. The molecule has 5 heteroatoms. The molecule has 1 aromatic rings. The minimum atomic E-state index is -0.499. The summed E-state index contributed by atoms with van der Waals surface area (Å²) in [6, 6.07) is 10.3. The van der Waals surface area contributed by atoms with Crippen molar-refractivity contribution in [3.8, 4) is 0 Å². The van der Waals surface area contributed by atoms with E-state index in [0.717, 1.165) is 12.8 Å². The summed E-state index contributed by atoms with van der Waals surface area (Å²) >= 11 is 1.41. The fourth-order valence-corrected chi connectivity index (χ4v) is 2.06. The third kappa shape index (κ3) is 8.40. The number of ether oxygens (including phenoxy) is 1. The highest BCUT2D eigenvalue weighted by atomic mass is 32.2. The number of amidine groups is 1. The Bertz CT molecular complexity index is 467. The van der Waals surface area contributed by atoms with Gasteiger partial charge in [0.25, 0.3) is 0 Å². The Hall–Kier alpha value is -1.49. The summed E-state index contributed by atoms with van der Waals surface area (Å²) in [5, 5.41) is 3.27. The molecule has 0 aliphatic carbocycles. The number of amides is 1. The maximum absolute atomic E-state index is 11.7. The third-order valence-electron chi connectivity index (χ3n) is 2.52. The van der Waals surface area contributed by atoms with Gasteiger partial charge in [0.05, 0.1) is 0 Å². The lowest BCUT2D eigenvalue weighted by atomic mass is 10.1. The molecule has 1 amide bonds. The van der Waals surface area contributed by atoms with Crippen molar-refractivity contribution in [1.82, 2.24) is 5.32 Å². The lowest BCUT2D eigenvalue weighted by Crippen LogP contribution is -2.35. The molecule has 1 N–H and O–H groups in total. The van der Waals surface area contributed by atoms with Crippen molar-refractivity contribution < 1.29 is 9.53 Å². The molecule has 0 aliphatic rings. The summed E-state index contributed by atoms with van der Waals surface area (Å²) in [6.07, 6.45) is 3.36. The first-order valence-corrected chi connectivity index (χ1v) is 8.25. The molecule has 0 aliphatic heterocycles. The first-order valence-electron chi connectivity index (χ1n) is 7.03. The molecular formula is C16H24N2O2S. The average molecular weight is 308 g/mol. The number of aliphatic imine (C=N–C) groups is 1. The van der Waals surface area contributed by atoms with E-state index in [1.54, 1.807) is 0 Å². The molecule has 21 heavy (non-hydrogen) atoms. The van der Waals surface area contributed by atoms with Crippen molar-refractivity contribution in [3.05, 3.63) is 35.9 Å². The number of nitrogens with one attached hydrogen (secondary N) is 1. The second-order valence-corrected chi connectivity index (χ2v) is 6.40. The van der Waals surface area contributed by atoms with Crippen LogP contribution in [0, 0.1) is 0 Å². The third-order valence-corrected chi connectivity index (χ3v) is 3.14. The van der Waals surface area contributed by atoms with Crippen molar-refractivity contribution in [2.75, 3.05) is 12.8 Å². The van der Waals surface area contributed by atoms with Gasteiger partial charge in [0, 0.05) is 6.54 Å². The molecule has 0 bridgehead atoms. The Labute approximate surface area is 131 Å². The number of rotatable bonds is 4. The van der Waals surface area contributed by atoms with Crippen molar-refractivity contribution in [2.24, 2.45) is 4.99 Å². The van der Waals surface area contributed by atoms with E-state index in [4.69, 9.17) is 4.74 Å². The summed E-state index contributed by atoms with van der Waals surface area (Å²) < 4.78 is 5.20. The van der Waals surface area contributed by atoms with Gasteiger partial charge in [-0.05, 0) is 45.4 Å². The van der Waals surface area contributed by atoms with Crippen LogP contribution in [0.2, 0.25) is 0 Å². The highest BCUT2D eigenvalue weighted by molar-refractivity contribution is 8.13. The molecule has 4 nitrogen and oxygen atoms in total. The van der Waals surface area contributed by atoms with Crippen molar-refractivity contribution in [2.45, 2.75) is 39.2 Å². The minimum absolute atomic E-state index is 0.460. The predicted octanol–water partition coefficient (Wildman–Crippen LogP) is 3.86.